The van der Waals surface area contributed by atoms with Crippen molar-refractivity contribution in [2.45, 2.75) is 39.5 Å². The molecule has 1 aromatic carbocycles. The first-order valence-electron chi connectivity index (χ1n) is 9.75. The molecule has 1 aromatic rings. The first-order valence-corrected chi connectivity index (χ1v) is 9.75. The van der Waals surface area contributed by atoms with Crippen LogP contribution in [0.4, 0.5) is 5.69 Å². The van der Waals surface area contributed by atoms with Crippen molar-refractivity contribution < 1.29 is 9.59 Å². The van der Waals surface area contributed by atoms with Gasteiger partial charge in [0, 0.05) is 25.3 Å². The number of amides is 2. The van der Waals surface area contributed by atoms with E-state index < -0.39 is 11.8 Å². The SMILES string of the molecule is CC1CC(C)CN(CCCCNC(=O)C(=O)Nc2ccc(CC#N)cc2)C1. The van der Waals surface area contributed by atoms with Crippen LogP contribution in [0.2, 0.25) is 0 Å². The van der Waals surface area contributed by atoms with Crippen molar-refractivity contribution >= 4 is 17.5 Å². The molecule has 2 unspecified atom stereocenters. The van der Waals surface area contributed by atoms with Gasteiger partial charge in [-0.1, -0.05) is 26.0 Å². The van der Waals surface area contributed by atoms with E-state index in [9.17, 15) is 9.59 Å². The van der Waals surface area contributed by atoms with Gasteiger partial charge in [0.1, 0.15) is 0 Å². The lowest BCUT2D eigenvalue weighted by atomic mass is 9.92. The molecule has 0 saturated carbocycles. The number of nitriles is 1. The number of likely N-dealkylation sites (tertiary alicyclic amines) is 1. The van der Waals surface area contributed by atoms with E-state index in [4.69, 9.17) is 5.26 Å². The topological polar surface area (TPSA) is 85.2 Å². The van der Waals surface area contributed by atoms with Crippen LogP contribution in [0.25, 0.3) is 0 Å². The third-order valence-corrected chi connectivity index (χ3v) is 4.83. The van der Waals surface area contributed by atoms with Crippen LogP contribution in [0.3, 0.4) is 0 Å². The molecule has 1 fully saturated rings. The maximum Gasteiger partial charge on any atom is 0.313 e. The van der Waals surface area contributed by atoms with Crippen molar-refractivity contribution in [2.24, 2.45) is 11.8 Å². The van der Waals surface area contributed by atoms with Gasteiger partial charge in [-0.05, 0) is 55.3 Å². The number of nitrogens with zero attached hydrogens (tertiary/aromatic N) is 2. The summed E-state index contributed by atoms with van der Waals surface area (Å²) in [5, 5.41) is 13.9. The van der Waals surface area contributed by atoms with Crippen LogP contribution in [0.1, 0.15) is 38.7 Å². The van der Waals surface area contributed by atoms with Crippen molar-refractivity contribution in [2.75, 3.05) is 31.5 Å². The number of carbonyl (C=O) groups is 2. The Morgan fingerprint density at radius 2 is 1.78 bits per heavy atom. The van der Waals surface area contributed by atoms with Crippen LogP contribution in [-0.4, -0.2) is 42.9 Å². The van der Waals surface area contributed by atoms with Crippen molar-refractivity contribution in [3.63, 3.8) is 0 Å². The average Bonchev–Trinajstić information content (AvgIpc) is 2.62. The quantitative estimate of drug-likeness (QED) is 0.571. The van der Waals surface area contributed by atoms with Gasteiger partial charge in [0.2, 0.25) is 0 Å². The summed E-state index contributed by atoms with van der Waals surface area (Å²) >= 11 is 0. The molecular weight excluding hydrogens is 340 g/mol. The minimum atomic E-state index is -0.665. The Morgan fingerprint density at radius 3 is 2.41 bits per heavy atom. The fraction of sp³-hybridized carbons (Fsp3) is 0.571. The summed E-state index contributed by atoms with van der Waals surface area (Å²) < 4.78 is 0. The van der Waals surface area contributed by atoms with Crippen molar-refractivity contribution in [1.29, 1.82) is 5.26 Å². The molecule has 1 aliphatic heterocycles. The molecule has 0 spiro atoms. The molecule has 6 heteroatoms. The van der Waals surface area contributed by atoms with Crippen LogP contribution < -0.4 is 10.6 Å². The number of piperidine rings is 1. The highest BCUT2D eigenvalue weighted by molar-refractivity contribution is 6.39. The third kappa shape index (κ3) is 7.40. The molecule has 1 heterocycles. The van der Waals surface area contributed by atoms with E-state index in [1.807, 2.05) is 0 Å². The Hall–Kier alpha value is -2.39. The lowest BCUT2D eigenvalue weighted by Crippen LogP contribution is -2.39. The van der Waals surface area contributed by atoms with E-state index in [2.05, 4.69) is 35.5 Å². The Kier molecular flexibility index (Phi) is 8.28. The van der Waals surface area contributed by atoms with Crippen LogP contribution >= 0.6 is 0 Å². The van der Waals surface area contributed by atoms with Crippen molar-refractivity contribution in [1.82, 2.24) is 10.2 Å². The van der Waals surface area contributed by atoms with Gasteiger partial charge in [-0.3, -0.25) is 9.59 Å². The fourth-order valence-electron chi connectivity index (χ4n) is 3.70. The summed E-state index contributed by atoms with van der Waals surface area (Å²) in [5.41, 5.74) is 1.42. The first-order chi connectivity index (χ1) is 13.0. The van der Waals surface area contributed by atoms with Gasteiger partial charge in [0.25, 0.3) is 0 Å². The maximum atomic E-state index is 11.9. The molecule has 1 aliphatic rings. The largest absolute Gasteiger partial charge is 0.348 e. The number of benzene rings is 1. The van der Waals surface area contributed by atoms with Gasteiger partial charge in [-0.25, -0.2) is 0 Å². The summed E-state index contributed by atoms with van der Waals surface area (Å²) in [6, 6.07) is 8.98. The Morgan fingerprint density at radius 1 is 1.11 bits per heavy atom. The van der Waals surface area contributed by atoms with Crippen LogP contribution in [-0.2, 0) is 16.0 Å². The summed E-state index contributed by atoms with van der Waals surface area (Å²) in [6.07, 6.45) is 3.51. The van der Waals surface area contributed by atoms with E-state index in [1.165, 1.54) is 6.42 Å². The monoisotopic (exact) mass is 370 g/mol. The Balaban J connectivity index is 1.62. The Labute approximate surface area is 161 Å². The molecule has 1 saturated heterocycles. The zero-order chi connectivity index (χ0) is 19.6. The molecule has 0 aromatic heterocycles. The number of hydrogen-bond acceptors (Lipinski definition) is 4. The molecule has 27 heavy (non-hydrogen) atoms. The summed E-state index contributed by atoms with van der Waals surface area (Å²) in [6.45, 7) is 8.48. The van der Waals surface area contributed by atoms with Gasteiger partial charge >= 0.3 is 11.8 Å². The fourth-order valence-corrected chi connectivity index (χ4v) is 3.70. The molecule has 2 N–H and O–H groups in total. The number of anilines is 1. The number of nitrogens with one attached hydrogen (secondary N) is 2. The Bertz CT molecular complexity index is 656. The van der Waals surface area contributed by atoms with Gasteiger partial charge in [-0.15, -0.1) is 0 Å². The smallest absolute Gasteiger partial charge is 0.313 e. The molecule has 2 atom stereocenters. The molecule has 0 bridgehead atoms. The van der Waals surface area contributed by atoms with Gasteiger partial charge in [0.05, 0.1) is 12.5 Å². The van der Waals surface area contributed by atoms with Crippen LogP contribution in [0.5, 0.6) is 0 Å². The molecule has 0 radical (unpaired) electrons. The second-order valence-corrected chi connectivity index (χ2v) is 7.65. The predicted octanol–water partition coefficient (Wildman–Crippen LogP) is 2.57. The minimum Gasteiger partial charge on any atom is -0.348 e. The standard InChI is InChI=1S/C21H30N4O2/c1-16-13-17(2)15-25(14-16)12-4-3-11-23-20(26)21(27)24-19-7-5-18(6-8-19)9-10-22/h5-8,16-17H,3-4,9,11-15H2,1-2H3,(H,23,26)(H,24,27). The highest BCUT2D eigenvalue weighted by Gasteiger charge is 2.21. The predicted molar refractivity (Wildman–Crippen MR) is 106 cm³/mol. The van der Waals surface area contributed by atoms with Crippen LogP contribution in [0, 0.1) is 23.2 Å². The molecule has 2 rings (SSSR count). The minimum absolute atomic E-state index is 0.323. The molecule has 146 valence electrons. The van der Waals surface area contributed by atoms with E-state index in [-0.39, 0.29) is 0 Å². The maximum absolute atomic E-state index is 11.9. The lowest BCUT2D eigenvalue weighted by molar-refractivity contribution is -0.136. The molecule has 2 amide bonds. The summed E-state index contributed by atoms with van der Waals surface area (Å²) in [5.74, 6) is 0.232. The normalized spacial score (nSPS) is 19.9. The van der Waals surface area contributed by atoms with Crippen molar-refractivity contribution in [3.8, 4) is 6.07 Å². The zero-order valence-corrected chi connectivity index (χ0v) is 16.3. The summed E-state index contributed by atoms with van der Waals surface area (Å²) in [4.78, 5) is 26.3. The second kappa shape index (κ2) is 10.7. The third-order valence-electron chi connectivity index (χ3n) is 4.83. The highest BCUT2D eigenvalue weighted by atomic mass is 16.2. The van der Waals surface area contributed by atoms with Gasteiger partial charge in [0.15, 0.2) is 0 Å². The summed E-state index contributed by atoms with van der Waals surface area (Å²) in [7, 11) is 0. The lowest BCUT2D eigenvalue weighted by Gasteiger charge is -2.34. The zero-order valence-electron chi connectivity index (χ0n) is 16.3. The highest BCUT2D eigenvalue weighted by Crippen LogP contribution is 2.20. The van der Waals surface area contributed by atoms with E-state index in [0.29, 0.717) is 18.7 Å². The van der Waals surface area contributed by atoms with Crippen molar-refractivity contribution in [3.05, 3.63) is 29.8 Å². The number of rotatable bonds is 7. The van der Waals surface area contributed by atoms with Gasteiger partial charge < -0.3 is 15.5 Å². The average molecular weight is 370 g/mol. The van der Waals surface area contributed by atoms with E-state index >= 15 is 0 Å². The second-order valence-electron chi connectivity index (χ2n) is 7.65. The molecule has 6 nitrogen and oxygen atoms in total. The first kappa shape index (κ1) is 20.9. The number of carbonyl (C=O) groups excluding carboxylic acids is 2. The number of hydrogen-bond donors (Lipinski definition) is 2. The van der Waals surface area contributed by atoms with E-state index in [1.54, 1.807) is 24.3 Å². The molecular formula is C21H30N4O2. The number of unbranched alkanes of at least 4 members (excludes halogenated alkanes) is 1. The van der Waals surface area contributed by atoms with Crippen LogP contribution in [0.15, 0.2) is 24.3 Å². The van der Waals surface area contributed by atoms with E-state index in [0.717, 1.165) is 49.9 Å². The molecule has 0 aliphatic carbocycles. The van der Waals surface area contributed by atoms with Gasteiger partial charge in [-0.2, -0.15) is 5.26 Å².